The van der Waals surface area contributed by atoms with Crippen LogP contribution >= 0.6 is 0 Å². The Labute approximate surface area is 142 Å². The van der Waals surface area contributed by atoms with Crippen LogP contribution in [0.2, 0.25) is 0 Å². The molecule has 1 aliphatic heterocycles. The Bertz CT molecular complexity index is 495. The lowest BCUT2D eigenvalue weighted by Gasteiger charge is -2.31. The van der Waals surface area contributed by atoms with E-state index in [9.17, 15) is 9.59 Å². The first-order chi connectivity index (χ1) is 11.7. The van der Waals surface area contributed by atoms with Gasteiger partial charge >= 0.3 is 0 Å². The third-order valence-electron chi connectivity index (χ3n) is 4.13. The zero-order valence-electron chi connectivity index (χ0n) is 14.2. The van der Waals surface area contributed by atoms with Gasteiger partial charge in [0.2, 0.25) is 11.8 Å². The van der Waals surface area contributed by atoms with E-state index < -0.39 is 0 Å². The third kappa shape index (κ3) is 5.98. The second-order valence-corrected chi connectivity index (χ2v) is 5.81. The van der Waals surface area contributed by atoms with E-state index in [1.165, 1.54) is 0 Å². The normalized spacial score (nSPS) is 15.5. The van der Waals surface area contributed by atoms with Crippen LogP contribution in [0.3, 0.4) is 0 Å². The fraction of sp³-hybridized carbons (Fsp3) is 0.647. The number of hydrogen-bond acceptors (Lipinski definition) is 5. The van der Waals surface area contributed by atoms with Crippen molar-refractivity contribution in [3.8, 4) is 0 Å². The highest BCUT2D eigenvalue weighted by atomic mass is 16.5. The number of nitrogens with one attached hydrogen (secondary N) is 1. The van der Waals surface area contributed by atoms with Gasteiger partial charge in [0.15, 0.2) is 0 Å². The maximum atomic E-state index is 12.2. The molecule has 24 heavy (non-hydrogen) atoms. The first kappa shape index (κ1) is 18.5. The van der Waals surface area contributed by atoms with Crippen LogP contribution in [0.15, 0.2) is 22.8 Å². The summed E-state index contributed by atoms with van der Waals surface area (Å²) in [6.45, 7) is 3.09. The van der Waals surface area contributed by atoms with Gasteiger partial charge in [-0.2, -0.15) is 0 Å². The molecule has 0 radical (unpaired) electrons. The Kier molecular flexibility index (Phi) is 7.77. The lowest BCUT2D eigenvalue weighted by atomic mass is 9.95. The van der Waals surface area contributed by atoms with Crippen LogP contribution in [0.4, 0.5) is 0 Å². The van der Waals surface area contributed by atoms with E-state index in [-0.39, 0.29) is 17.7 Å². The molecule has 1 aromatic heterocycles. The number of piperidine rings is 1. The molecule has 0 unspecified atom stereocenters. The number of carbonyl (C=O) groups excluding carboxylic acids is 2. The van der Waals surface area contributed by atoms with Gasteiger partial charge in [0.1, 0.15) is 5.76 Å². The quantitative estimate of drug-likeness (QED) is 0.684. The lowest BCUT2D eigenvalue weighted by Crippen LogP contribution is -2.43. The minimum atomic E-state index is -0.0398. The molecule has 7 nitrogen and oxygen atoms in total. The van der Waals surface area contributed by atoms with Gasteiger partial charge in [-0.3, -0.25) is 9.59 Å². The van der Waals surface area contributed by atoms with Gasteiger partial charge in [0.05, 0.1) is 39.0 Å². The minimum absolute atomic E-state index is 0.0291. The molecule has 1 aromatic rings. The second kappa shape index (κ2) is 10.1. The van der Waals surface area contributed by atoms with Gasteiger partial charge in [-0.05, 0) is 25.0 Å². The number of furan rings is 1. The van der Waals surface area contributed by atoms with Gasteiger partial charge in [-0.15, -0.1) is 0 Å². The number of carbonyl (C=O) groups is 2. The molecule has 1 saturated heterocycles. The molecule has 134 valence electrons. The van der Waals surface area contributed by atoms with Gasteiger partial charge in [0.25, 0.3) is 0 Å². The van der Waals surface area contributed by atoms with Crippen LogP contribution in [0.25, 0.3) is 0 Å². The molecule has 0 aliphatic carbocycles. The van der Waals surface area contributed by atoms with Crippen molar-refractivity contribution < 1.29 is 23.5 Å². The van der Waals surface area contributed by atoms with Crippen molar-refractivity contribution in [2.24, 2.45) is 5.92 Å². The maximum Gasteiger partial charge on any atom is 0.224 e. The smallest absolute Gasteiger partial charge is 0.224 e. The summed E-state index contributed by atoms with van der Waals surface area (Å²) in [4.78, 5) is 26.1. The zero-order chi connectivity index (χ0) is 17.2. The average molecular weight is 338 g/mol. The summed E-state index contributed by atoms with van der Waals surface area (Å²) in [6.07, 6.45) is 3.35. The topological polar surface area (TPSA) is 81.0 Å². The molecule has 0 saturated carbocycles. The average Bonchev–Trinajstić information content (AvgIpc) is 3.13. The van der Waals surface area contributed by atoms with Gasteiger partial charge in [-0.25, -0.2) is 0 Å². The van der Waals surface area contributed by atoms with Crippen LogP contribution in [0, 0.1) is 5.92 Å². The Morgan fingerprint density at radius 3 is 2.75 bits per heavy atom. The Balaban J connectivity index is 1.61. The van der Waals surface area contributed by atoms with Crippen molar-refractivity contribution >= 4 is 11.8 Å². The fourth-order valence-corrected chi connectivity index (χ4v) is 2.68. The van der Waals surface area contributed by atoms with Crippen molar-refractivity contribution in [1.29, 1.82) is 0 Å². The summed E-state index contributed by atoms with van der Waals surface area (Å²) >= 11 is 0. The van der Waals surface area contributed by atoms with E-state index in [0.29, 0.717) is 58.7 Å². The molecular weight excluding hydrogens is 312 g/mol. The predicted molar refractivity (Wildman–Crippen MR) is 87.2 cm³/mol. The SMILES string of the molecule is COCCOCCC(=O)N1CCC(C(=O)NCc2ccco2)CC1. The lowest BCUT2D eigenvalue weighted by molar-refractivity contribution is -0.136. The Morgan fingerprint density at radius 2 is 2.08 bits per heavy atom. The van der Waals surface area contributed by atoms with Gasteiger partial charge < -0.3 is 24.1 Å². The summed E-state index contributed by atoms with van der Waals surface area (Å²) in [5.74, 6) is 0.815. The highest BCUT2D eigenvalue weighted by Crippen LogP contribution is 2.18. The summed E-state index contributed by atoms with van der Waals surface area (Å²) in [7, 11) is 1.61. The van der Waals surface area contributed by atoms with Crippen molar-refractivity contribution in [3.05, 3.63) is 24.2 Å². The number of rotatable bonds is 9. The monoisotopic (exact) mass is 338 g/mol. The molecular formula is C17H26N2O5. The number of amides is 2. The van der Waals surface area contributed by atoms with Crippen LogP contribution in [0.5, 0.6) is 0 Å². The Morgan fingerprint density at radius 1 is 1.29 bits per heavy atom. The predicted octanol–water partition coefficient (Wildman–Crippen LogP) is 1.19. The fourth-order valence-electron chi connectivity index (χ4n) is 2.68. The van der Waals surface area contributed by atoms with Gasteiger partial charge in [0, 0.05) is 26.1 Å². The van der Waals surface area contributed by atoms with Crippen molar-refractivity contribution in [3.63, 3.8) is 0 Å². The molecule has 2 rings (SSSR count). The summed E-state index contributed by atoms with van der Waals surface area (Å²) in [5.41, 5.74) is 0. The standard InChI is InChI=1S/C17H26N2O5/c1-22-11-12-23-10-6-16(20)19-7-4-14(5-8-19)17(21)18-13-15-3-2-9-24-15/h2-3,9,14H,4-8,10-13H2,1H3,(H,18,21). The number of nitrogens with zero attached hydrogens (tertiary/aromatic N) is 1. The molecule has 1 aliphatic rings. The molecule has 1 fully saturated rings. The Hall–Kier alpha value is -1.86. The highest BCUT2D eigenvalue weighted by Gasteiger charge is 2.27. The molecule has 0 bridgehead atoms. The number of likely N-dealkylation sites (tertiary alicyclic amines) is 1. The molecule has 2 heterocycles. The van der Waals surface area contributed by atoms with Crippen molar-refractivity contribution in [2.75, 3.05) is 40.0 Å². The molecule has 1 N–H and O–H groups in total. The maximum absolute atomic E-state index is 12.2. The summed E-state index contributed by atoms with van der Waals surface area (Å²) < 4.78 is 15.4. The number of methoxy groups -OCH3 is 1. The van der Waals surface area contributed by atoms with Crippen molar-refractivity contribution in [2.45, 2.75) is 25.8 Å². The summed E-state index contributed by atoms with van der Waals surface area (Å²) in [5, 5.41) is 2.88. The minimum Gasteiger partial charge on any atom is -0.467 e. The number of ether oxygens (including phenoxy) is 2. The molecule has 0 aromatic carbocycles. The van der Waals surface area contributed by atoms with E-state index in [2.05, 4.69) is 5.32 Å². The van der Waals surface area contributed by atoms with Crippen LogP contribution in [-0.4, -0.2) is 56.7 Å². The highest BCUT2D eigenvalue weighted by molar-refractivity contribution is 5.80. The largest absolute Gasteiger partial charge is 0.467 e. The van der Waals surface area contributed by atoms with Crippen molar-refractivity contribution in [1.82, 2.24) is 10.2 Å². The van der Waals surface area contributed by atoms with E-state index in [1.54, 1.807) is 19.4 Å². The molecule has 0 spiro atoms. The van der Waals surface area contributed by atoms with E-state index in [0.717, 1.165) is 5.76 Å². The van der Waals surface area contributed by atoms with E-state index in [1.807, 2.05) is 11.0 Å². The third-order valence-corrected chi connectivity index (χ3v) is 4.13. The van der Waals surface area contributed by atoms with Crippen LogP contribution in [-0.2, 0) is 25.6 Å². The van der Waals surface area contributed by atoms with Crippen LogP contribution in [0.1, 0.15) is 25.0 Å². The van der Waals surface area contributed by atoms with Gasteiger partial charge in [-0.1, -0.05) is 0 Å². The second-order valence-electron chi connectivity index (χ2n) is 5.81. The molecule has 0 atom stereocenters. The van der Waals surface area contributed by atoms with E-state index >= 15 is 0 Å². The molecule has 2 amide bonds. The first-order valence-corrected chi connectivity index (χ1v) is 8.35. The summed E-state index contributed by atoms with van der Waals surface area (Å²) in [6, 6.07) is 3.63. The van der Waals surface area contributed by atoms with Crippen LogP contribution < -0.4 is 5.32 Å². The molecule has 7 heteroatoms. The number of hydrogen-bond donors (Lipinski definition) is 1. The first-order valence-electron chi connectivity index (χ1n) is 8.35. The zero-order valence-corrected chi connectivity index (χ0v) is 14.2. The van der Waals surface area contributed by atoms with E-state index in [4.69, 9.17) is 13.9 Å².